The Morgan fingerprint density at radius 1 is 1.04 bits per heavy atom. The fraction of sp³-hybridized carbons (Fsp3) is 0.316. The molecule has 6 heteroatoms. The maximum absolute atomic E-state index is 12.3. The van der Waals surface area contributed by atoms with Crippen LogP contribution in [-0.4, -0.2) is 47.9 Å². The van der Waals surface area contributed by atoms with Gasteiger partial charge in [0.1, 0.15) is 5.82 Å². The molecule has 0 radical (unpaired) electrons. The zero-order valence-corrected chi connectivity index (χ0v) is 14.5. The Bertz CT molecular complexity index is 765. The minimum atomic E-state index is -0.136. The predicted octanol–water partition coefficient (Wildman–Crippen LogP) is 2.31. The predicted molar refractivity (Wildman–Crippen MR) is 97.8 cm³/mol. The number of carbonyl (C=O) groups excluding carboxylic acids is 2. The van der Waals surface area contributed by atoms with E-state index in [1.165, 1.54) is 0 Å². The number of carbonyl (C=O) groups is 2. The molecule has 1 aromatic carbocycles. The third kappa shape index (κ3) is 3.96. The van der Waals surface area contributed by atoms with Gasteiger partial charge in [0.25, 0.3) is 5.91 Å². The topological polar surface area (TPSA) is 65.5 Å². The van der Waals surface area contributed by atoms with E-state index in [-0.39, 0.29) is 11.8 Å². The van der Waals surface area contributed by atoms with Crippen molar-refractivity contribution in [2.24, 2.45) is 0 Å². The highest BCUT2D eigenvalue weighted by molar-refractivity contribution is 6.05. The van der Waals surface area contributed by atoms with E-state index >= 15 is 0 Å². The van der Waals surface area contributed by atoms with Crippen molar-refractivity contribution in [1.29, 1.82) is 0 Å². The van der Waals surface area contributed by atoms with Crippen LogP contribution in [0.4, 0.5) is 11.5 Å². The molecule has 130 valence electrons. The fourth-order valence-corrected chi connectivity index (χ4v) is 2.92. The maximum Gasteiger partial charge on any atom is 0.255 e. The van der Waals surface area contributed by atoms with E-state index in [9.17, 15) is 9.59 Å². The van der Waals surface area contributed by atoms with Crippen molar-refractivity contribution in [2.75, 3.05) is 36.4 Å². The summed E-state index contributed by atoms with van der Waals surface area (Å²) in [7, 11) is 0. The molecule has 1 aromatic heterocycles. The molecule has 25 heavy (non-hydrogen) atoms. The first-order valence-electron chi connectivity index (χ1n) is 8.38. The van der Waals surface area contributed by atoms with E-state index in [1.807, 2.05) is 42.2 Å². The molecule has 0 atom stereocenters. The first kappa shape index (κ1) is 17.0. The third-order valence-corrected chi connectivity index (χ3v) is 4.44. The summed E-state index contributed by atoms with van der Waals surface area (Å²) < 4.78 is 0. The summed E-state index contributed by atoms with van der Waals surface area (Å²) in [6, 6.07) is 11.2. The zero-order valence-electron chi connectivity index (χ0n) is 14.5. The van der Waals surface area contributed by atoms with Crippen molar-refractivity contribution >= 4 is 23.3 Å². The van der Waals surface area contributed by atoms with E-state index in [2.05, 4.69) is 15.2 Å². The monoisotopic (exact) mass is 338 g/mol. The molecule has 1 saturated heterocycles. The largest absolute Gasteiger partial charge is 0.353 e. The van der Waals surface area contributed by atoms with Crippen molar-refractivity contribution < 1.29 is 9.59 Å². The minimum Gasteiger partial charge on any atom is -0.353 e. The van der Waals surface area contributed by atoms with E-state index in [0.29, 0.717) is 24.3 Å². The molecule has 0 bridgehead atoms. The van der Waals surface area contributed by atoms with Crippen LogP contribution in [-0.2, 0) is 4.79 Å². The summed E-state index contributed by atoms with van der Waals surface area (Å²) in [5.74, 6) is 0.835. The lowest BCUT2D eigenvalue weighted by Gasteiger charge is -2.34. The summed E-state index contributed by atoms with van der Waals surface area (Å²) in [6.07, 6.45) is 1.67. The molecular formula is C19H22N4O2. The molecule has 1 fully saturated rings. The molecule has 2 aromatic rings. The first-order valence-corrected chi connectivity index (χ1v) is 8.38. The highest BCUT2D eigenvalue weighted by atomic mass is 16.2. The number of hydrogen-bond donors (Lipinski definition) is 1. The fourth-order valence-electron chi connectivity index (χ4n) is 2.92. The van der Waals surface area contributed by atoms with Crippen LogP contribution in [0.1, 0.15) is 22.8 Å². The number of aromatic nitrogens is 1. The quantitative estimate of drug-likeness (QED) is 0.933. The Hall–Kier alpha value is -2.89. The van der Waals surface area contributed by atoms with Gasteiger partial charge in [-0.15, -0.1) is 0 Å². The van der Waals surface area contributed by atoms with Gasteiger partial charge >= 0.3 is 0 Å². The van der Waals surface area contributed by atoms with Gasteiger partial charge in [-0.3, -0.25) is 9.59 Å². The molecule has 6 nitrogen and oxygen atoms in total. The number of amides is 2. The van der Waals surface area contributed by atoms with Crippen molar-refractivity contribution in [2.45, 2.75) is 13.8 Å². The summed E-state index contributed by atoms with van der Waals surface area (Å²) in [5, 5.41) is 2.88. The zero-order chi connectivity index (χ0) is 17.8. The van der Waals surface area contributed by atoms with E-state index < -0.39 is 0 Å². The number of piperazine rings is 1. The second-order valence-corrected chi connectivity index (χ2v) is 6.17. The number of nitrogens with zero attached hydrogens (tertiary/aromatic N) is 3. The van der Waals surface area contributed by atoms with E-state index in [4.69, 9.17) is 0 Å². The third-order valence-electron chi connectivity index (χ3n) is 4.44. The van der Waals surface area contributed by atoms with Gasteiger partial charge < -0.3 is 15.1 Å². The number of nitrogens with one attached hydrogen (secondary N) is 1. The molecule has 0 spiro atoms. The molecule has 1 aliphatic heterocycles. The molecule has 0 aliphatic carbocycles. The normalized spacial score (nSPS) is 14.3. The molecular weight excluding hydrogens is 316 g/mol. The first-order chi connectivity index (χ1) is 12.0. The molecule has 0 saturated carbocycles. The highest BCUT2D eigenvalue weighted by Crippen LogP contribution is 2.17. The van der Waals surface area contributed by atoms with Gasteiger partial charge in [-0.05, 0) is 30.7 Å². The van der Waals surface area contributed by atoms with Crippen LogP contribution >= 0.6 is 0 Å². The summed E-state index contributed by atoms with van der Waals surface area (Å²) in [5.41, 5.74) is 2.26. The standard InChI is InChI=1S/C19H22N4O2/c1-14-5-3-4-6-17(14)19(25)21-16-7-8-18(20-13-16)23-11-9-22(10-12-23)15(2)24/h3-8,13H,9-12H2,1-2H3,(H,21,25). The second kappa shape index (κ2) is 7.34. The van der Waals surface area contributed by atoms with Crippen LogP contribution in [0.3, 0.4) is 0 Å². The molecule has 3 rings (SSSR count). The average molecular weight is 338 g/mol. The minimum absolute atomic E-state index is 0.113. The number of rotatable bonds is 3. The summed E-state index contributed by atoms with van der Waals surface area (Å²) in [6.45, 7) is 6.46. The van der Waals surface area contributed by atoms with Gasteiger partial charge in [-0.2, -0.15) is 0 Å². The lowest BCUT2D eigenvalue weighted by molar-refractivity contribution is -0.129. The van der Waals surface area contributed by atoms with Crippen LogP contribution < -0.4 is 10.2 Å². The summed E-state index contributed by atoms with van der Waals surface area (Å²) in [4.78, 5) is 32.2. The smallest absolute Gasteiger partial charge is 0.255 e. The SMILES string of the molecule is CC(=O)N1CCN(c2ccc(NC(=O)c3ccccc3C)cn2)CC1. The van der Waals surface area contributed by atoms with Gasteiger partial charge in [0, 0.05) is 38.7 Å². The molecule has 1 aliphatic rings. The number of hydrogen-bond acceptors (Lipinski definition) is 4. The molecule has 2 amide bonds. The second-order valence-electron chi connectivity index (χ2n) is 6.17. The Morgan fingerprint density at radius 2 is 1.76 bits per heavy atom. The van der Waals surface area contributed by atoms with Crippen LogP contribution in [0.25, 0.3) is 0 Å². The maximum atomic E-state index is 12.3. The van der Waals surface area contributed by atoms with E-state index in [1.54, 1.807) is 19.2 Å². The van der Waals surface area contributed by atoms with Crippen LogP contribution in [0.2, 0.25) is 0 Å². The Labute approximate surface area is 147 Å². The van der Waals surface area contributed by atoms with Crippen molar-refractivity contribution in [1.82, 2.24) is 9.88 Å². The Morgan fingerprint density at radius 3 is 2.36 bits per heavy atom. The van der Waals surface area contributed by atoms with Crippen LogP contribution in [0.5, 0.6) is 0 Å². The van der Waals surface area contributed by atoms with Gasteiger partial charge in [-0.1, -0.05) is 18.2 Å². The summed E-state index contributed by atoms with van der Waals surface area (Å²) >= 11 is 0. The van der Waals surface area contributed by atoms with Crippen LogP contribution in [0, 0.1) is 6.92 Å². The lowest BCUT2D eigenvalue weighted by Crippen LogP contribution is -2.48. The van der Waals surface area contributed by atoms with Crippen molar-refractivity contribution in [3.8, 4) is 0 Å². The molecule has 0 unspecified atom stereocenters. The van der Waals surface area contributed by atoms with Gasteiger partial charge in [0.05, 0.1) is 11.9 Å². The lowest BCUT2D eigenvalue weighted by atomic mass is 10.1. The molecule has 2 heterocycles. The number of pyridine rings is 1. The number of aryl methyl sites for hydroxylation is 1. The Kier molecular flexibility index (Phi) is 4.97. The van der Waals surface area contributed by atoms with Crippen molar-refractivity contribution in [3.05, 3.63) is 53.7 Å². The average Bonchev–Trinajstić information content (AvgIpc) is 2.63. The number of benzene rings is 1. The van der Waals surface area contributed by atoms with Gasteiger partial charge in [0.15, 0.2) is 0 Å². The van der Waals surface area contributed by atoms with Crippen molar-refractivity contribution in [3.63, 3.8) is 0 Å². The highest BCUT2D eigenvalue weighted by Gasteiger charge is 2.19. The van der Waals surface area contributed by atoms with E-state index in [0.717, 1.165) is 24.5 Å². The number of anilines is 2. The van der Waals surface area contributed by atoms with Crippen LogP contribution in [0.15, 0.2) is 42.6 Å². The van der Waals surface area contributed by atoms with Gasteiger partial charge in [-0.25, -0.2) is 4.98 Å². The van der Waals surface area contributed by atoms with Gasteiger partial charge in [0.2, 0.25) is 5.91 Å². The Balaban J connectivity index is 1.62. The molecule has 1 N–H and O–H groups in total.